The first kappa shape index (κ1) is 80.8. The molecule has 35 heteroatoms. The number of guanidine groups is 2. The third-order valence-corrected chi connectivity index (χ3v) is 14.0. The van der Waals surface area contributed by atoms with E-state index in [2.05, 4.69) is 52.5 Å². The van der Waals surface area contributed by atoms with E-state index in [9.17, 15) is 73.2 Å². The Labute approximate surface area is 517 Å². The van der Waals surface area contributed by atoms with Crippen molar-refractivity contribution in [2.75, 3.05) is 51.3 Å². The molecule has 0 aliphatic heterocycles. The standard InChI is InChI=1S/C53H101N19O15S/c1-29(2)27-38(70-47(82)37(20-26-88-4)69-45(80)34(16-11-24-62-52(58)59)64-42(77)31(57)13-5-8-21-54)49(84)68-36(18-19-40(75)76)46(81)66-33(15-7-10-23-56)43(78)65-32(14-6-9-22-55)44(79)67-35(17-12-25-63-53(60)61)48(83)72-41(30(3)74)50(85)71-39(28-73)51(86)87/h29-39,41,73-74H,5-28,54-57H2,1-4H3,(H,64,77)(H,65,78)(H,66,81)(H,67,79)(H,68,84)(H,69,80)(H,70,82)(H,71,85)(H,72,83)(H,75,76)(H,86,87)(H4,58,59,62)(H4,60,61,63)/t30-,31+,32+,33+,34+,35+,36+,37+,38+,39+,41+/m1/s1. The molecule has 29 N–H and O–H groups in total. The second-order valence-electron chi connectivity index (χ2n) is 21.4. The maximum absolute atomic E-state index is 14.4. The molecule has 11 atom stereocenters. The van der Waals surface area contributed by atoms with Crippen LogP contribution in [0.15, 0.2) is 9.98 Å². The number of thioether (sulfide) groups is 1. The third kappa shape index (κ3) is 35.0. The summed E-state index contributed by atoms with van der Waals surface area (Å²) in [5.74, 6) is -11.6. The number of aliphatic carboxylic acids is 2. The number of rotatable bonds is 49. The number of nitrogens with one attached hydrogen (secondary N) is 9. The highest BCUT2D eigenvalue weighted by atomic mass is 32.2. The Balaban J connectivity index is 7.10. The van der Waals surface area contributed by atoms with Gasteiger partial charge in [0.1, 0.15) is 54.4 Å². The number of unbranched alkanes of at least 4 members (excludes halogenated alkanes) is 3. The van der Waals surface area contributed by atoms with Gasteiger partial charge in [-0.15, -0.1) is 0 Å². The molecule has 0 heterocycles. The van der Waals surface area contributed by atoms with Crippen LogP contribution < -0.4 is 93.7 Å². The fourth-order valence-corrected chi connectivity index (χ4v) is 8.94. The van der Waals surface area contributed by atoms with Gasteiger partial charge in [0, 0.05) is 19.5 Å². The van der Waals surface area contributed by atoms with Gasteiger partial charge in [0.2, 0.25) is 53.2 Å². The van der Waals surface area contributed by atoms with Crippen molar-refractivity contribution in [2.24, 2.45) is 61.8 Å². The number of carbonyl (C=O) groups excluding carboxylic acids is 9. The summed E-state index contributed by atoms with van der Waals surface area (Å²) in [7, 11) is 0. The molecule has 0 fully saturated rings. The lowest BCUT2D eigenvalue weighted by Crippen LogP contribution is -2.61. The van der Waals surface area contributed by atoms with E-state index in [1.165, 1.54) is 11.8 Å². The van der Waals surface area contributed by atoms with Crippen LogP contribution in [-0.2, 0) is 52.7 Å². The number of nitrogens with zero attached hydrogens (tertiary/aromatic N) is 2. The normalized spacial score (nSPS) is 14.9. The Morgan fingerprint density at radius 2 is 0.784 bits per heavy atom. The maximum Gasteiger partial charge on any atom is 0.328 e. The van der Waals surface area contributed by atoms with Crippen molar-refractivity contribution in [3.63, 3.8) is 0 Å². The van der Waals surface area contributed by atoms with Gasteiger partial charge in [0.05, 0.1) is 18.8 Å². The SMILES string of the molecule is CSCC[C@H](NC(=O)[C@H](CCCN=C(N)N)NC(=O)[C@@H](N)CCCCN)C(=O)N[C@@H](CC(C)C)C(=O)N[C@@H](CCC(=O)O)C(=O)N[C@@H](CCCCN)C(=O)N[C@@H](CCCCN)C(=O)N[C@@H](CCCN=C(N)N)C(=O)N[C@H](C(=O)N[C@@H](CO)C(=O)O)[C@@H](C)O. The molecule has 0 bridgehead atoms. The van der Waals surface area contributed by atoms with Crippen LogP contribution in [0.25, 0.3) is 0 Å². The van der Waals surface area contributed by atoms with Crippen LogP contribution in [0, 0.1) is 5.92 Å². The van der Waals surface area contributed by atoms with E-state index in [0.29, 0.717) is 38.0 Å². The molecule has 0 radical (unpaired) electrons. The first-order valence-electron chi connectivity index (χ1n) is 29.5. The fraction of sp³-hybridized carbons (Fsp3) is 0.755. The molecular weight excluding hydrogens is 1170 g/mol. The lowest BCUT2D eigenvalue weighted by molar-refractivity contribution is -0.144. The zero-order valence-electron chi connectivity index (χ0n) is 51.1. The molecular formula is C53H101N19O15S. The van der Waals surface area contributed by atoms with Crippen molar-refractivity contribution in [2.45, 2.75) is 196 Å². The predicted octanol–water partition coefficient (Wildman–Crippen LogP) is -6.71. The minimum absolute atomic E-state index is 0.0234. The second-order valence-corrected chi connectivity index (χ2v) is 22.4. The van der Waals surface area contributed by atoms with Gasteiger partial charge in [-0.25, -0.2) is 4.79 Å². The topological polar surface area (TPSA) is 610 Å². The van der Waals surface area contributed by atoms with Gasteiger partial charge in [-0.3, -0.25) is 57.9 Å². The van der Waals surface area contributed by atoms with Crippen LogP contribution in [0.2, 0.25) is 0 Å². The smallest absolute Gasteiger partial charge is 0.328 e. The van der Waals surface area contributed by atoms with Crippen molar-refractivity contribution < 1.29 is 73.2 Å². The first-order valence-corrected chi connectivity index (χ1v) is 30.9. The van der Waals surface area contributed by atoms with Crippen molar-refractivity contribution in [3.8, 4) is 0 Å². The van der Waals surface area contributed by atoms with Gasteiger partial charge in [-0.05, 0) is 141 Å². The number of carboxylic acid groups (broad SMARTS) is 2. The van der Waals surface area contributed by atoms with Crippen molar-refractivity contribution in [3.05, 3.63) is 0 Å². The largest absolute Gasteiger partial charge is 0.481 e. The number of nitrogens with two attached hydrogens (primary N) is 8. The summed E-state index contributed by atoms with van der Waals surface area (Å²) in [5.41, 5.74) is 45.1. The molecule has 0 unspecified atom stereocenters. The molecule has 0 rings (SSSR count). The number of aliphatic imine (C=N–C) groups is 2. The number of carbonyl (C=O) groups is 11. The summed E-state index contributed by atoms with van der Waals surface area (Å²) in [6, 6.07) is -14.5. The van der Waals surface area contributed by atoms with Crippen LogP contribution in [0.5, 0.6) is 0 Å². The van der Waals surface area contributed by atoms with Crippen LogP contribution in [0.4, 0.5) is 0 Å². The molecule has 88 heavy (non-hydrogen) atoms. The summed E-state index contributed by atoms with van der Waals surface area (Å²) in [5, 5.41) is 61.6. The molecule has 504 valence electrons. The molecule has 0 saturated carbocycles. The molecule has 9 amide bonds. The average molecular weight is 1280 g/mol. The van der Waals surface area contributed by atoms with Crippen LogP contribution in [0.1, 0.15) is 130 Å². The molecule has 0 aromatic heterocycles. The summed E-state index contributed by atoms with van der Waals surface area (Å²) < 4.78 is 0. The lowest BCUT2D eigenvalue weighted by atomic mass is 10.0. The van der Waals surface area contributed by atoms with E-state index in [1.807, 2.05) is 5.32 Å². The summed E-state index contributed by atoms with van der Waals surface area (Å²) >= 11 is 1.36. The number of hydrogen-bond acceptors (Lipinski definition) is 20. The highest BCUT2D eigenvalue weighted by Gasteiger charge is 2.37. The zero-order valence-corrected chi connectivity index (χ0v) is 51.9. The maximum atomic E-state index is 14.4. The van der Waals surface area contributed by atoms with Gasteiger partial charge in [-0.1, -0.05) is 20.3 Å². The van der Waals surface area contributed by atoms with Crippen molar-refractivity contribution in [1.82, 2.24) is 47.9 Å². The Morgan fingerprint density at radius 1 is 0.443 bits per heavy atom. The quantitative estimate of drug-likeness (QED) is 0.0153. The number of carboxylic acids is 2. The summed E-state index contributed by atoms with van der Waals surface area (Å²) in [6.07, 6.45) is 1.60. The zero-order chi connectivity index (χ0) is 66.9. The Bertz CT molecular complexity index is 2260. The Kier molecular flexibility index (Phi) is 42.3. The van der Waals surface area contributed by atoms with Crippen molar-refractivity contribution in [1.29, 1.82) is 0 Å². The van der Waals surface area contributed by atoms with E-state index in [4.69, 9.17) is 45.9 Å². The van der Waals surface area contributed by atoms with Gasteiger partial charge < -0.3 is 114 Å². The van der Waals surface area contributed by atoms with Crippen LogP contribution in [0.3, 0.4) is 0 Å². The highest BCUT2D eigenvalue weighted by Crippen LogP contribution is 2.13. The van der Waals surface area contributed by atoms with E-state index in [1.54, 1.807) is 20.1 Å². The van der Waals surface area contributed by atoms with E-state index in [-0.39, 0.29) is 115 Å². The molecule has 34 nitrogen and oxygen atoms in total. The number of aliphatic hydroxyl groups is 2. The first-order chi connectivity index (χ1) is 41.6. The molecule has 0 spiro atoms. The number of amides is 9. The predicted molar refractivity (Wildman–Crippen MR) is 330 cm³/mol. The number of aliphatic hydroxyl groups excluding tert-OH is 2. The minimum Gasteiger partial charge on any atom is -0.481 e. The fourth-order valence-electron chi connectivity index (χ4n) is 8.47. The minimum atomic E-state index is -1.80. The van der Waals surface area contributed by atoms with Crippen LogP contribution >= 0.6 is 11.8 Å². The highest BCUT2D eigenvalue weighted by molar-refractivity contribution is 7.98. The van der Waals surface area contributed by atoms with Gasteiger partial charge in [0.25, 0.3) is 0 Å². The third-order valence-electron chi connectivity index (χ3n) is 13.3. The molecule has 0 aromatic carbocycles. The molecule has 0 saturated heterocycles. The summed E-state index contributed by atoms with van der Waals surface area (Å²) in [4.78, 5) is 157. The Morgan fingerprint density at radius 3 is 1.14 bits per heavy atom. The Hall–Kier alpha value is -7.18. The number of hydrogen-bond donors (Lipinski definition) is 21. The van der Waals surface area contributed by atoms with E-state index < -0.39 is 151 Å². The second kappa shape index (κ2) is 46.0. The van der Waals surface area contributed by atoms with Gasteiger partial charge in [-0.2, -0.15) is 11.8 Å². The molecule has 0 aliphatic carbocycles. The van der Waals surface area contributed by atoms with E-state index in [0.717, 1.165) is 6.92 Å². The molecule has 0 aromatic rings. The molecule has 0 aliphatic rings. The van der Waals surface area contributed by atoms with E-state index >= 15 is 0 Å². The van der Waals surface area contributed by atoms with Gasteiger partial charge in [0.15, 0.2) is 11.9 Å². The monoisotopic (exact) mass is 1280 g/mol. The van der Waals surface area contributed by atoms with Crippen LogP contribution in [-0.4, -0.2) is 215 Å². The summed E-state index contributed by atoms with van der Waals surface area (Å²) in [6.45, 7) is 4.39. The van der Waals surface area contributed by atoms with Crippen molar-refractivity contribution >= 4 is 88.8 Å². The van der Waals surface area contributed by atoms with Gasteiger partial charge >= 0.3 is 11.9 Å². The lowest BCUT2D eigenvalue weighted by Gasteiger charge is -2.29. The average Bonchev–Trinajstić information content (AvgIpc) is 3.65.